The fraction of sp³-hybridized carbons (Fsp3) is 0.545. The van der Waals surface area contributed by atoms with Crippen molar-refractivity contribution in [2.45, 2.75) is 25.5 Å². The second kappa shape index (κ2) is 4.75. The van der Waals surface area contributed by atoms with Gasteiger partial charge in [0.25, 0.3) is 5.56 Å². The number of rotatable bonds is 2. The average molecular weight is 266 g/mol. The summed E-state index contributed by atoms with van der Waals surface area (Å²) in [4.78, 5) is 18.9. The summed E-state index contributed by atoms with van der Waals surface area (Å²) in [5, 5.41) is 13.5. The maximum Gasteiger partial charge on any atom is 0.275 e. The van der Waals surface area contributed by atoms with Gasteiger partial charge in [-0.05, 0) is 19.4 Å². The normalized spacial score (nSPS) is 21.5. The van der Waals surface area contributed by atoms with Crippen LogP contribution in [-0.4, -0.2) is 43.8 Å². The van der Waals surface area contributed by atoms with Gasteiger partial charge in [-0.1, -0.05) is 11.3 Å². The fourth-order valence-corrected chi connectivity index (χ4v) is 2.93. The number of fused-ring (bicyclic) bond motifs is 1. The molecule has 0 bridgehead atoms. The van der Waals surface area contributed by atoms with Crippen LogP contribution in [-0.2, 0) is 6.54 Å². The maximum absolute atomic E-state index is 11.8. The monoisotopic (exact) mass is 266 g/mol. The van der Waals surface area contributed by atoms with Crippen LogP contribution in [0.3, 0.4) is 0 Å². The minimum Gasteiger partial charge on any atom is -0.392 e. The molecule has 3 heterocycles. The number of aromatic nitrogens is 3. The molecule has 0 aromatic carbocycles. The van der Waals surface area contributed by atoms with Crippen molar-refractivity contribution in [3.05, 3.63) is 27.6 Å². The Kier molecular flexibility index (Phi) is 3.11. The number of β-amino-alcohol motifs (C(OH)–C–C–N with tert-alkyl or cyclic N) is 1. The Bertz CT molecular complexity index is 608. The standard InChI is InChI=1S/C11H14N4O2S/c16-9-2-1-3-14(6-9)5-8-4-10(17)15-11(13-8)18-7-12-15/h4,7,9,16H,1-3,5-6H2. The molecule has 3 rings (SSSR count). The lowest BCUT2D eigenvalue weighted by Crippen LogP contribution is -2.38. The highest BCUT2D eigenvalue weighted by Gasteiger charge is 2.18. The summed E-state index contributed by atoms with van der Waals surface area (Å²) in [7, 11) is 0. The van der Waals surface area contributed by atoms with Gasteiger partial charge in [-0.3, -0.25) is 9.69 Å². The lowest BCUT2D eigenvalue weighted by atomic mass is 10.1. The van der Waals surface area contributed by atoms with Crippen molar-refractivity contribution in [1.29, 1.82) is 0 Å². The largest absolute Gasteiger partial charge is 0.392 e. The number of hydrogen-bond donors (Lipinski definition) is 1. The molecule has 1 saturated heterocycles. The first kappa shape index (κ1) is 11.8. The molecule has 0 radical (unpaired) electrons. The lowest BCUT2D eigenvalue weighted by Gasteiger charge is -2.29. The molecule has 18 heavy (non-hydrogen) atoms. The van der Waals surface area contributed by atoms with E-state index in [1.807, 2.05) is 0 Å². The second-order valence-corrected chi connectivity index (χ2v) is 5.36. The van der Waals surface area contributed by atoms with E-state index in [0.29, 0.717) is 18.1 Å². The van der Waals surface area contributed by atoms with Crippen molar-refractivity contribution in [2.75, 3.05) is 13.1 Å². The number of piperidine rings is 1. The van der Waals surface area contributed by atoms with Crippen molar-refractivity contribution in [2.24, 2.45) is 0 Å². The van der Waals surface area contributed by atoms with Gasteiger partial charge in [-0.2, -0.15) is 9.61 Å². The van der Waals surface area contributed by atoms with Gasteiger partial charge in [-0.25, -0.2) is 4.98 Å². The predicted molar refractivity (Wildman–Crippen MR) is 67.7 cm³/mol. The summed E-state index contributed by atoms with van der Waals surface area (Å²) in [6, 6.07) is 1.52. The molecule has 0 spiro atoms. The SMILES string of the molecule is O=c1cc(CN2CCCC(O)C2)nc2scnn12. The molecule has 1 unspecified atom stereocenters. The predicted octanol–water partition coefficient (Wildman–Crippen LogP) is 0.108. The molecule has 2 aromatic heterocycles. The number of likely N-dealkylation sites (tertiary alicyclic amines) is 1. The van der Waals surface area contributed by atoms with E-state index in [0.717, 1.165) is 25.1 Å². The molecule has 0 saturated carbocycles. The van der Waals surface area contributed by atoms with Crippen molar-refractivity contribution in [1.82, 2.24) is 19.5 Å². The van der Waals surface area contributed by atoms with Gasteiger partial charge >= 0.3 is 0 Å². The van der Waals surface area contributed by atoms with Gasteiger partial charge in [-0.15, -0.1) is 0 Å². The molecular formula is C11H14N4O2S. The van der Waals surface area contributed by atoms with E-state index in [1.165, 1.54) is 21.9 Å². The van der Waals surface area contributed by atoms with Crippen molar-refractivity contribution < 1.29 is 5.11 Å². The van der Waals surface area contributed by atoms with Gasteiger partial charge in [0.15, 0.2) is 0 Å². The molecule has 1 fully saturated rings. The zero-order chi connectivity index (χ0) is 12.5. The Morgan fingerprint density at radius 1 is 1.56 bits per heavy atom. The second-order valence-electron chi connectivity index (χ2n) is 4.55. The van der Waals surface area contributed by atoms with Crippen LogP contribution in [0.5, 0.6) is 0 Å². The van der Waals surface area contributed by atoms with Gasteiger partial charge in [0.05, 0.1) is 11.8 Å². The Hall–Kier alpha value is -1.31. The van der Waals surface area contributed by atoms with E-state index in [-0.39, 0.29) is 11.7 Å². The summed E-state index contributed by atoms with van der Waals surface area (Å²) in [6.07, 6.45) is 1.59. The summed E-state index contributed by atoms with van der Waals surface area (Å²) >= 11 is 1.35. The molecule has 1 aliphatic heterocycles. The molecule has 1 N–H and O–H groups in total. The van der Waals surface area contributed by atoms with Crippen LogP contribution in [0.25, 0.3) is 4.96 Å². The Balaban J connectivity index is 1.83. The Morgan fingerprint density at radius 3 is 3.28 bits per heavy atom. The van der Waals surface area contributed by atoms with E-state index in [2.05, 4.69) is 15.0 Å². The van der Waals surface area contributed by atoms with Crippen molar-refractivity contribution in [3.8, 4) is 0 Å². The molecule has 1 aliphatic rings. The summed E-state index contributed by atoms with van der Waals surface area (Å²) in [6.45, 7) is 2.21. The van der Waals surface area contributed by atoms with Crippen LogP contribution in [0.15, 0.2) is 16.4 Å². The van der Waals surface area contributed by atoms with Crippen LogP contribution in [0.1, 0.15) is 18.5 Å². The van der Waals surface area contributed by atoms with Gasteiger partial charge in [0.1, 0.15) is 5.51 Å². The minimum absolute atomic E-state index is 0.145. The average Bonchev–Trinajstić information content (AvgIpc) is 2.77. The van der Waals surface area contributed by atoms with Crippen LogP contribution in [0.4, 0.5) is 0 Å². The van der Waals surface area contributed by atoms with E-state index in [9.17, 15) is 9.90 Å². The van der Waals surface area contributed by atoms with Crippen LogP contribution in [0, 0.1) is 0 Å². The highest BCUT2D eigenvalue weighted by atomic mass is 32.1. The summed E-state index contributed by atoms with van der Waals surface area (Å²) in [5.41, 5.74) is 2.21. The summed E-state index contributed by atoms with van der Waals surface area (Å²) in [5.74, 6) is 0. The lowest BCUT2D eigenvalue weighted by molar-refractivity contribution is 0.0662. The number of nitrogens with zero attached hydrogens (tertiary/aromatic N) is 4. The molecule has 7 heteroatoms. The van der Waals surface area contributed by atoms with Gasteiger partial charge in [0.2, 0.25) is 4.96 Å². The van der Waals surface area contributed by atoms with Crippen molar-refractivity contribution in [3.63, 3.8) is 0 Å². The number of hydrogen-bond acceptors (Lipinski definition) is 6. The van der Waals surface area contributed by atoms with E-state index >= 15 is 0 Å². The van der Waals surface area contributed by atoms with Crippen LogP contribution < -0.4 is 5.56 Å². The molecule has 1 atom stereocenters. The highest BCUT2D eigenvalue weighted by Crippen LogP contribution is 2.13. The van der Waals surface area contributed by atoms with E-state index in [4.69, 9.17) is 0 Å². The Labute approximate surface area is 108 Å². The zero-order valence-electron chi connectivity index (χ0n) is 9.82. The van der Waals surface area contributed by atoms with Gasteiger partial charge < -0.3 is 5.11 Å². The number of aliphatic hydroxyl groups is 1. The molecule has 2 aromatic rings. The van der Waals surface area contributed by atoms with Gasteiger partial charge in [0, 0.05) is 19.2 Å². The van der Waals surface area contributed by atoms with Crippen LogP contribution >= 0.6 is 11.3 Å². The maximum atomic E-state index is 11.8. The third-order valence-corrected chi connectivity index (χ3v) is 3.78. The van der Waals surface area contributed by atoms with Crippen LogP contribution in [0.2, 0.25) is 0 Å². The fourth-order valence-electron chi connectivity index (χ4n) is 2.29. The summed E-state index contributed by atoms with van der Waals surface area (Å²) < 4.78 is 1.30. The number of aliphatic hydroxyl groups excluding tert-OH is 1. The van der Waals surface area contributed by atoms with E-state index < -0.39 is 0 Å². The molecular weight excluding hydrogens is 252 g/mol. The molecule has 0 aliphatic carbocycles. The van der Waals surface area contributed by atoms with E-state index in [1.54, 1.807) is 5.51 Å². The van der Waals surface area contributed by atoms with Crippen molar-refractivity contribution >= 4 is 16.3 Å². The zero-order valence-corrected chi connectivity index (χ0v) is 10.6. The molecule has 0 amide bonds. The smallest absolute Gasteiger partial charge is 0.275 e. The molecule has 96 valence electrons. The topological polar surface area (TPSA) is 70.7 Å². The first-order chi connectivity index (χ1) is 8.72. The highest BCUT2D eigenvalue weighted by molar-refractivity contribution is 7.14. The quantitative estimate of drug-likeness (QED) is 0.835. The molecule has 6 nitrogen and oxygen atoms in total. The third-order valence-electron chi connectivity index (χ3n) is 3.11. The third kappa shape index (κ3) is 2.29. The minimum atomic E-state index is -0.257. The first-order valence-electron chi connectivity index (χ1n) is 5.95. The Morgan fingerprint density at radius 2 is 2.44 bits per heavy atom. The first-order valence-corrected chi connectivity index (χ1v) is 6.83.